The minimum absolute atomic E-state index is 0.105. The molecule has 0 aliphatic carbocycles. The topological polar surface area (TPSA) is 55.8 Å². The van der Waals surface area contributed by atoms with Crippen LogP contribution in [-0.2, 0) is 19.2 Å². The molecule has 0 bridgehead atoms. The molecule has 2 aliphatic rings. The van der Waals surface area contributed by atoms with Gasteiger partial charge in [-0.25, -0.2) is 0 Å². The lowest BCUT2D eigenvalue weighted by Gasteiger charge is -2.35. The second kappa shape index (κ2) is 6.00. The van der Waals surface area contributed by atoms with Crippen LogP contribution in [0.2, 0.25) is 0 Å². The van der Waals surface area contributed by atoms with Gasteiger partial charge in [0.1, 0.15) is 5.92 Å². The van der Waals surface area contributed by atoms with Crippen molar-refractivity contribution in [3.63, 3.8) is 0 Å². The summed E-state index contributed by atoms with van der Waals surface area (Å²) >= 11 is 3.45. The first-order chi connectivity index (χ1) is 10.9. The van der Waals surface area contributed by atoms with Crippen LogP contribution in [0, 0.1) is 13.8 Å². The predicted octanol–water partition coefficient (Wildman–Crippen LogP) is 2.67. The zero-order chi connectivity index (χ0) is 16.8. The maximum Gasteiger partial charge on any atom is 0.322 e. The number of hydrogen-bond acceptors (Lipinski definition) is 5. The summed E-state index contributed by atoms with van der Waals surface area (Å²) in [5, 5.41) is 1.79. The highest BCUT2D eigenvalue weighted by Crippen LogP contribution is 2.42. The summed E-state index contributed by atoms with van der Waals surface area (Å²) in [6.45, 7) is 5.01. The summed E-state index contributed by atoms with van der Waals surface area (Å²) < 4.78 is 6.56. The minimum Gasteiger partial charge on any atom is -0.450 e. The van der Waals surface area contributed by atoms with Gasteiger partial charge >= 0.3 is 5.97 Å². The molecule has 3 rings (SSSR count). The van der Waals surface area contributed by atoms with Gasteiger partial charge in [0.2, 0.25) is 0 Å². The van der Waals surface area contributed by atoms with E-state index in [2.05, 4.69) is 15.9 Å². The number of esters is 1. The van der Waals surface area contributed by atoms with Crippen molar-refractivity contribution in [3.8, 4) is 0 Å². The van der Waals surface area contributed by atoms with Gasteiger partial charge in [-0.1, -0.05) is 15.9 Å². The van der Waals surface area contributed by atoms with Crippen molar-refractivity contribution in [2.24, 2.45) is 0 Å². The Morgan fingerprint density at radius 3 is 2.30 bits per heavy atom. The number of carbonyl (C=O) groups excluding carboxylic acids is 2. The van der Waals surface area contributed by atoms with Gasteiger partial charge in [0.25, 0.3) is 0 Å². The first-order valence-electron chi connectivity index (χ1n) is 7.71. The number of halogens is 1. The average molecular weight is 382 g/mol. The standard InChI is InChI=1S/C17H20BrNO4/c1-10-8-12(18)9-11(2)13(10)14-15(20)17(23-16(14)21)4-6-19(22-3)7-5-17/h8-9,14H,4-7H2,1-3H3. The number of nitrogens with zero attached hydrogens (tertiary/aromatic N) is 1. The number of aryl methyl sites for hydroxylation is 2. The lowest BCUT2D eigenvalue weighted by Crippen LogP contribution is -2.48. The van der Waals surface area contributed by atoms with E-state index in [9.17, 15) is 9.59 Å². The van der Waals surface area contributed by atoms with E-state index in [-0.39, 0.29) is 5.78 Å². The largest absolute Gasteiger partial charge is 0.450 e. The van der Waals surface area contributed by atoms with Crippen molar-refractivity contribution >= 4 is 27.7 Å². The van der Waals surface area contributed by atoms with Crippen molar-refractivity contribution in [2.45, 2.75) is 38.2 Å². The molecule has 0 saturated carbocycles. The molecule has 5 nitrogen and oxygen atoms in total. The quantitative estimate of drug-likeness (QED) is 0.582. The number of benzene rings is 1. The van der Waals surface area contributed by atoms with Crippen molar-refractivity contribution in [1.29, 1.82) is 0 Å². The third-order valence-corrected chi connectivity index (χ3v) is 5.34. The Hall–Kier alpha value is -1.24. The van der Waals surface area contributed by atoms with E-state index in [1.807, 2.05) is 26.0 Å². The summed E-state index contributed by atoms with van der Waals surface area (Å²) in [4.78, 5) is 30.8. The molecule has 23 heavy (non-hydrogen) atoms. The smallest absolute Gasteiger partial charge is 0.322 e. The molecule has 0 radical (unpaired) electrons. The first-order valence-corrected chi connectivity index (χ1v) is 8.50. The van der Waals surface area contributed by atoms with Crippen molar-refractivity contribution in [1.82, 2.24) is 5.06 Å². The van der Waals surface area contributed by atoms with Gasteiger partial charge in [0.15, 0.2) is 11.4 Å². The molecule has 124 valence electrons. The summed E-state index contributed by atoms with van der Waals surface area (Å²) in [5.74, 6) is -1.33. The van der Waals surface area contributed by atoms with E-state index < -0.39 is 17.5 Å². The van der Waals surface area contributed by atoms with Gasteiger partial charge in [-0.15, -0.1) is 0 Å². The maximum absolute atomic E-state index is 13.1. The second-order valence-electron chi connectivity index (χ2n) is 6.28. The monoisotopic (exact) mass is 381 g/mol. The summed E-state index contributed by atoms with van der Waals surface area (Å²) in [6, 6.07) is 3.86. The molecule has 1 spiro atoms. The molecule has 1 aromatic carbocycles. The van der Waals surface area contributed by atoms with Gasteiger partial charge < -0.3 is 9.57 Å². The van der Waals surface area contributed by atoms with E-state index in [1.165, 1.54) is 0 Å². The van der Waals surface area contributed by atoms with E-state index in [1.54, 1.807) is 12.2 Å². The van der Waals surface area contributed by atoms with E-state index in [0.717, 1.165) is 21.2 Å². The van der Waals surface area contributed by atoms with Crippen LogP contribution in [0.4, 0.5) is 0 Å². The number of rotatable bonds is 2. The maximum atomic E-state index is 13.1. The molecule has 1 atom stereocenters. The SMILES string of the molecule is CON1CCC2(CC1)OC(=O)C(c1c(C)cc(Br)cc1C)C2=O. The fourth-order valence-electron chi connectivity index (χ4n) is 3.68. The van der Waals surface area contributed by atoms with Crippen molar-refractivity contribution in [2.75, 3.05) is 20.2 Å². The fraction of sp³-hybridized carbons (Fsp3) is 0.529. The van der Waals surface area contributed by atoms with Crippen molar-refractivity contribution in [3.05, 3.63) is 33.3 Å². The number of piperidine rings is 1. The fourth-order valence-corrected chi connectivity index (χ4v) is 4.36. The molecule has 2 saturated heterocycles. The minimum atomic E-state index is -0.983. The third-order valence-electron chi connectivity index (χ3n) is 4.88. The number of ether oxygens (including phenoxy) is 1. The number of ketones is 1. The number of hydroxylamine groups is 2. The molecule has 0 N–H and O–H groups in total. The summed E-state index contributed by atoms with van der Waals surface area (Å²) in [7, 11) is 1.61. The lowest BCUT2D eigenvalue weighted by molar-refractivity contribution is -0.184. The molecule has 1 aromatic rings. The van der Waals surface area contributed by atoms with Crippen LogP contribution >= 0.6 is 15.9 Å². The Morgan fingerprint density at radius 2 is 1.78 bits per heavy atom. The predicted molar refractivity (Wildman–Crippen MR) is 88.0 cm³/mol. The van der Waals surface area contributed by atoms with Crippen LogP contribution in [0.3, 0.4) is 0 Å². The highest BCUT2D eigenvalue weighted by molar-refractivity contribution is 9.10. The third kappa shape index (κ3) is 2.73. The zero-order valence-electron chi connectivity index (χ0n) is 13.5. The second-order valence-corrected chi connectivity index (χ2v) is 7.19. The number of carbonyl (C=O) groups is 2. The summed E-state index contributed by atoms with van der Waals surface area (Å²) in [6.07, 6.45) is 0.965. The van der Waals surface area contributed by atoms with Crippen LogP contribution in [0.5, 0.6) is 0 Å². The molecule has 0 aromatic heterocycles. The summed E-state index contributed by atoms with van der Waals surface area (Å²) in [5.41, 5.74) is 1.66. The van der Waals surface area contributed by atoms with E-state index in [4.69, 9.17) is 9.57 Å². The highest BCUT2D eigenvalue weighted by Gasteiger charge is 2.57. The molecule has 2 fully saturated rings. The Kier molecular flexibility index (Phi) is 4.33. The highest BCUT2D eigenvalue weighted by atomic mass is 79.9. The molecule has 0 amide bonds. The van der Waals surface area contributed by atoms with E-state index in [0.29, 0.717) is 25.9 Å². The van der Waals surface area contributed by atoms with Crippen molar-refractivity contribution < 1.29 is 19.2 Å². The van der Waals surface area contributed by atoms with E-state index >= 15 is 0 Å². The molecule has 6 heteroatoms. The van der Waals surface area contributed by atoms with Crippen LogP contribution in [-0.4, -0.2) is 42.6 Å². The molecular weight excluding hydrogens is 362 g/mol. The average Bonchev–Trinajstić information content (AvgIpc) is 2.72. The Morgan fingerprint density at radius 1 is 1.22 bits per heavy atom. The normalized spacial score (nSPS) is 24.3. The Labute approximate surface area is 144 Å². The van der Waals surface area contributed by atoms with Gasteiger partial charge in [0.05, 0.1) is 7.11 Å². The molecule has 2 aliphatic heterocycles. The molecule has 1 unspecified atom stereocenters. The van der Waals surface area contributed by atoms with Gasteiger partial charge in [0, 0.05) is 30.4 Å². The molecular formula is C17H20BrNO4. The van der Waals surface area contributed by atoms with Gasteiger partial charge in [-0.2, -0.15) is 5.06 Å². The zero-order valence-corrected chi connectivity index (χ0v) is 15.1. The lowest BCUT2D eigenvalue weighted by atomic mass is 9.80. The van der Waals surface area contributed by atoms with Crippen LogP contribution in [0.15, 0.2) is 16.6 Å². The van der Waals surface area contributed by atoms with Crippen LogP contribution in [0.25, 0.3) is 0 Å². The Bertz CT molecular complexity index is 642. The van der Waals surface area contributed by atoms with Crippen LogP contribution in [0.1, 0.15) is 35.4 Å². The Balaban J connectivity index is 1.94. The molecule has 2 heterocycles. The van der Waals surface area contributed by atoms with Gasteiger partial charge in [-0.3, -0.25) is 9.59 Å². The van der Waals surface area contributed by atoms with Crippen LogP contribution < -0.4 is 0 Å². The first kappa shape index (κ1) is 16.6. The van der Waals surface area contributed by atoms with Gasteiger partial charge in [-0.05, 0) is 42.7 Å². The number of hydrogen-bond donors (Lipinski definition) is 0. The number of Topliss-reactive ketones (excluding diaryl/α,β-unsaturated/α-hetero) is 1.